The molecule has 1 fully saturated rings. The summed E-state index contributed by atoms with van der Waals surface area (Å²) in [5.74, 6) is 2.79. The predicted molar refractivity (Wildman–Crippen MR) is 92.7 cm³/mol. The van der Waals surface area contributed by atoms with Gasteiger partial charge in [0.15, 0.2) is 0 Å². The van der Waals surface area contributed by atoms with E-state index in [0.29, 0.717) is 18.5 Å². The van der Waals surface area contributed by atoms with Crippen molar-refractivity contribution in [1.82, 2.24) is 19.5 Å². The van der Waals surface area contributed by atoms with Gasteiger partial charge in [-0.25, -0.2) is 15.0 Å². The van der Waals surface area contributed by atoms with Gasteiger partial charge < -0.3 is 14.2 Å². The van der Waals surface area contributed by atoms with E-state index >= 15 is 0 Å². The molecule has 0 spiro atoms. The maximum absolute atomic E-state index is 5.51. The van der Waals surface area contributed by atoms with Crippen molar-refractivity contribution >= 4 is 5.82 Å². The van der Waals surface area contributed by atoms with Crippen LogP contribution < -0.4 is 9.64 Å². The Bertz CT molecular complexity index is 726. The van der Waals surface area contributed by atoms with E-state index in [-0.39, 0.29) is 0 Å². The Morgan fingerprint density at radius 2 is 2.12 bits per heavy atom. The molecule has 0 N–H and O–H groups in total. The fourth-order valence-electron chi connectivity index (χ4n) is 4.07. The lowest BCUT2D eigenvalue weighted by atomic mass is 10.0. The number of imidazole rings is 1. The maximum Gasteiger partial charge on any atom is 0.218 e. The summed E-state index contributed by atoms with van der Waals surface area (Å²) in [6, 6.07) is 2.44. The highest BCUT2D eigenvalue weighted by Crippen LogP contribution is 2.32. The summed E-state index contributed by atoms with van der Waals surface area (Å²) in [5.41, 5.74) is 2.81. The van der Waals surface area contributed by atoms with Crippen molar-refractivity contribution in [3.8, 4) is 5.88 Å². The minimum atomic E-state index is 0.491. The van der Waals surface area contributed by atoms with Gasteiger partial charge in [-0.2, -0.15) is 0 Å². The van der Waals surface area contributed by atoms with Gasteiger partial charge in [0.05, 0.1) is 18.3 Å². The maximum atomic E-state index is 5.51. The highest BCUT2D eigenvalue weighted by atomic mass is 16.5. The number of anilines is 1. The van der Waals surface area contributed by atoms with Crippen LogP contribution in [0.5, 0.6) is 5.88 Å². The summed E-state index contributed by atoms with van der Waals surface area (Å²) in [6.45, 7) is 6.74. The van der Waals surface area contributed by atoms with E-state index in [1.165, 1.54) is 36.5 Å². The zero-order valence-electron chi connectivity index (χ0n) is 14.5. The first-order valence-corrected chi connectivity index (χ1v) is 9.02. The van der Waals surface area contributed by atoms with Crippen molar-refractivity contribution in [2.45, 2.75) is 52.0 Å². The van der Waals surface area contributed by atoms with E-state index in [9.17, 15) is 0 Å². The van der Waals surface area contributed by atoms with Crippen molar-refractivity contribution in [2.75, 3.05) is 24.6 Å². The molecule has 1 unspecified atom stereocenters. The van der Waals surface area contributed by atoms with Crippen molar-refractivity contribution in [3.05, 3.63) is 29.6 Å². The molecule has 1 aliphatic heterocycles. The van der Waals surface area contributed by atoms with E-state index in [1.54, 1.807) is 6.33 Å². The van der Waals surface area contributed by atoms with Crippen LogP contribution in [0.4, 0.5) is 5.82 Å². The zero-order valence-corrected chi connectivity index (χ0v) is 14.5. The predicted octanol–water partition coefficient (Wildman–Crippen LogP) is 2.71. The van der Waals surface area contributed by atoms with Gasteiger partial charge in [0.25, 0.3) is 0 Å². The number of nitrogens with zero attached hydrogens (tertiary/aromatic N) is 5. The molecule has 2 aromatic rings. The van der Waals surface area contributed by atoms with E-state index in [0.717, 1.165) is 31.7 Å². The number of ether oxygens (including phenoxy) is 1. The largest absolute Gasteiger partial charge is 0.478 e. The lowest BCUT2D eigenvalue weighted by molar-refractivity contribution is 0.326. The topological polar surface area (TPSA) is 56.1 Å². The van der Waals surface area contributed by atoms with Crippen LogP contribution in [0.2, 0.25) is 0 Å². The summed E-state index contributed by atoms with van der Waals surface area (Å²) >= 11 is 0. The highest BCUT2D eigenvalue weighted by molar-refractivity contribution is 5.42. The van der Waals surface area contributed by atoms with Crippen molar-refractivity contribution in [1.29, 1.82) is 0 Å². The molecule has 4 rings (SSSR count). The van der Waals surface area contributed by atoms with Crippen molar-refractivity contribution in [3.63, 3.8) is 0 Å². The average Bonchev–Trinajstić information content (AvgIpc) is 3.18. The Morgan fingerprint density at radius 1 is 1.25 bits per heavy atom. The van der Waals surface area contributed by atoms with Crippen LogP contribution in [-0.2, 0) is 12.8 Å². The quantitative estimate of drug-likeness (QED) is 0.864. The normalized spacial score (nSPS) is 20.2. The van der Waals surface area contributed by atoms with E-state index in [2.05, 4.69) is 26.4 Å². The molecule has 6 heteroatoms. The first-order valence-electron chi connectivity index (χ1n) is 9.02. The Labute approximate surface area is 142 Å². The van der Waals surface area contributed by atoms with Gasteiger partial charge in [0.2, 0.25) is 5.88 Å². The molecule has 0 aromatic carbocycles. The number of hydrogen-bond donors (Lipinski definition) is 0. The summed E-state index contributed by atoms with van der Waals surface area (Å²) in [6.07, 6.45) is 7.62. The third-order valence-corrected chi connectivity index (χ3v) is 5.12. The molecule has 2 aromatic heterocycles. The molecule has 3 heterocycles. The Hall–Kier alpha value is -2.11. The van der Waals surface area contributed by atoms with E-state index in [4.69, 9.17) is 9.72 Å². The number of rotatable bonds is 4. The molecule has 24 heavy (non-hydrogen) atoms. The van der Waals surface area contributed by atoms with Crippen LogP contribution in [0, 0.1) is 6.92 Å². The third kappa shape index (κ3) is 2.74. The monoisotopic (exact) mass is 327 g/mol. The molecule has 6 nitrogen and oxygen atoms in total. The zero-order chi connectivity index (χ0) is 16.5. The molecule has 0 amide bonds. The molecule has 0 radical (unpaired) electrons. The lowest BCUT2D eigenvalue weighted by Gasteiger charge is -2.21. The first-order chi connectivity index (χ1) is 11.8. The Balaban J connectivity index is 1.55. The van der Waals surface area contributed by atoms with Crippen LogP contribution >= 0.6 is 0 Å². The standard InChI is InChI=1S/C18H25N5O/c1-3-24-18-10-17(19-12-20-18)22-9-8-14(11-22)23-13(2)21-15-6-4-5-7-16(15)23/h10,12,14H,3-9,11H2,1-2H3. The molecule has 2 aliphatic rings. The molecular formula is C18H25N5O. The van der Waals surface area contributed by atoms with Gasteiger partial charge in [-0.1, -0.05) is 0 Å². The minimum Gasteiger partial charge on any atom is -0.478 e. The number of fused-ring (bicyclic) bond motifs is 1. The van der Waals surface area contributed by atoms with Crippen LogP contribution in [-0.4, -0.2) is 39.2 Å². The molecule has 0 bridgehead atoms. The van der Waals surface area contributed by atoms with Gasteiger partial charge in [-0.15, -0.1) is 0 Å². The second-order valence-corrected chi connectivity index (χ2v) is 6.67. The summed E-state index contributed by atoms with van der Waals surface area (Å²) < 4.78 is 8.00. The molecular weight excluding hydrogens is 302 g/mol. The SMILES string of the molecule is CCOc1cc(N2CCC(n3c(C)nc4c3CCCC4)C2)ncn1. The summed E-state index contributed by atoms with van der Waals surface area (Å²) in [4.78, 5) is 15.8. The Morgan fingerprint density at radius 3 is 3.00 bits per heavy atom. The van der Waals surface area contributed by atoms with Gasteiger partial charge in [0.1, 0.15) is 18.0 Å². The molecule has 1 aliphatic carbocycles. The highest BCUT2D eigenvalue weighted by Gasteiger charge is 2.29. The number of aryl methyl sites for hydroxylation is 2. The van der Waals surface area contributed by atoms with Gasteiger partial charge >= 0.3 is 0 Å². The van der Waals surface area contributed by atoms with E-state index in [1.807, 2.05) is 13.0 Å². The summed E-state index contributed by atoms with van der Waals surface area (Å²) in [7, 11) is 0. The molecule has 1 atom stereocenters. The van der Waals surface area contributed by atoms with Crippen LogP contribution in [0.3, 0.4) is 0 Å². The van der Waals surface area contributed by atoms with Gasteiger partial charge in [-0.05, 0) is 46.0 Å². The molecule has 1 saturated heterocycles. The Kier molecular flexibility index (Phi) is 4.12. The lowest BCUT2D eigenvalue weighted by Crippen LogP contribution is -2.23. The van der Waals surface area contributed by atoms with Crippen LogP contribution in [0.1, 0.15) is 49.4 Å². The minimum absolute atomic E-state index is 0.491. The van der Waals surface area contributed by atoms with Gasteiger partial charge in [-0.3, -0.25) is 0 Å². The molecule has 0 saturated carbocycles. The van der Waals surface area contributed by atoms with Crippen molar-refractivity contribution < 1.29 is 4.74 Å². The second kappa shape index (κ2) is 6.42. The third-order valence-electron chi connectivity index (χ3n) is 5.12. The average molecular weight is 327 g/mol. The fraction of sp³-hybridized carbons (Fsp3) is 0.611. The van der Waals surface area contributed by atoms with Crippen LogP contribution in [0.15, 0.2) is 12.4 Å². The fourth-order valence-corrected chi connectivity index (χ4v) is 4.07. The van der Waals surface area contributed by atoms with Crippen molar-refractivity contribution in [2.24, 2.45) is 0 Å². The first kappa shape index (κ1) is 15.4. The summed E-state index contributed by atoms with van der Waals surface area (Å²) in [5, 5.41) is 0. The smallest absolute Gasteiger partial charge is 0.218 e. The number of hydrogen-bond acceptors (Lipinski definition) is 5. The number of aromatic nitrogens is 4. The van der Waals surface area contributed by atoms with E-state index < -0.39 is 0 Å². The van der Waals surface area contributed by atoms with Gasteiger partial charge in [0, 0.05) is 24.8 Å². The second-order valence-electron chi connectivity index (χ2n) is 6.67. The van der Waals surface area contributed by atoms with Crippen LogP contribution in [0.25, 0.3) is 0 Å². The molecule has 128 valence electrons.